The Kier molecular flexibility index (Phi) is 6.37. The first-order valence-electron chi connectivity index (χ1n) is 11.9. The van der Waals surface area contributed by atoms with Crippen molar-refractivity contribution < 1.29 is 15.0 Å². The van der Waals surface area contributed by atoms with Gasteiger partial charge in [0.25, 0.3) is 0 Å². The van der Waals surface area contributed by atoms with Gasteiger partial charge in [-0.2, -0.15) is 0 Å². The summed E-state index contributed by atoms with van der Waals surface area (Å²) in [7, 11) is 0. The number of nitrogens with one attached hydrogen (secondary N) is 2. The zero-order valence-corrected chi connectivity index (χ0v) is 19.4. The summed E-state index contributed by atoms with van der Waals surface area (Å²) in [4.78, 5) is 14.9. The molecule has 1 aliphatic carbocycles. The highest BCUT2D eigenvalue weighted by Gasteiger charge is 2.27. The van der Waals surface area contributed by atoms with E-state index in [1.54, 1.807) is 0 Å². The predicted molar refractivity (Wildman–Crippen MR) is 135 cm³/mol. The Balaban J connectivity index is 1.15. The van der Waals surface area contributed by atoms with Crippen LogP contribution in [0.3, 0.4) is 0 Å². The van der Waals surface area contributed by atoms with Crippen LogP contribution in [0.2, 0.25) is 0 Å². The van der Waals surface area contributed by atoms with Crippen LogP contribution in [0.4, 0.5) is 11.4 Å². The average molecular weight is 458 g/mol. The first-order chi connectivity index (χ1) is 16.5. The Morgan fingerprint density at radius 3 is 2.56 bits per heavy atom. The SMILES string of the molecule is Cc1ccc(NC2CCN(CC(=O)Nc3ccc4c(c3)-c3ccccc3C4O)CC2)c(CO)c1. The maximum Gasteiger partial charge on any atom is 0.238 e. The third-order valence-corrected chi connectivity index (χ3v) is 6.92. The van der Waals surface area contributed by atoms with Crippen LogP contribution in [0.15, 0.2) is 60.7 Å². The summed E-state index contributed by atoms with van der Waals surface area (Å²) < 4.78 is 0. The fourth-order valence-corrected chi connectivity index (χ4v) is 5.11. The molecule has 0 bridgehead atoms. The van der Waals surface area contributed by atoms with Crippen LogP contribution in [-0.4, -0.2) is 46.7 Å². The van der Waals surface area contributed by atoms with Crippen LogP contribution in [0, 0.1) is 6.92 Å². The van der Waals surface area contributed by atoms with Crippen LogP contribution in [0.5, 0.6) is 0 Å². The number of rotatable bonds is 6. The van der Waals surface area contributed by atoms with E-state index in [2.05, 4.69) is 21.6 Å². The van der Waals surface area contributed by atoms with Crippen molar-refractivity contribution in [2.24, 2.45) is 0 Å². The minimum Gasteiger partial charge on any atom is -0.392 e. The van der Waals surface area contributed by atoms with Crippen LogP contribution < -0.4 is 10.6 Å². The number of fused-ring (bicyclic) bond motifs is 3. The molecular formula is C28H31N3O3. The molecule has 3 aromatic carbocycles. The normalized spacial score (nSPS) is 17.8. The number of aliphatic hydroxyl groups excluding tert-OH is 2. The number of likely N-dealkylation sites (tertiary alicyclic amines) is 1. The maximum absolute atomic E-state index is 12.7. The number of benzene rings is 3. The molecule has 176 valence electrons. The summed E-state index contributed by atoms with van der Waals surface area (Å²) in [6, 6.07) is 20.0. The maximum atomic E-state index is 12.7. The lowest BCUT2D eigenvalue weighted by Crippen LogP contribution is -2.42. The van der Waals surface area contributed by atoms with Gasteiger partial charge in [-0.05, 0) is 60.2 Å². The number of nitrogens with zero attached hydrogens (tertiary/aromatic N) is 1. The fraction of sp³-hybridized carbons (Fsp3) is 0.321. The van der Waals surface area contributed by atoms with E-state index in [1.165, 1.54) is 0 Å². The van der Waals surface area contributed by atoms with Gasteiger partial charge >= 0.3 is 0 Å². The Labute approximate surface area is 200 Å². The molecule has 6 heteroatoms. The lowest BCUT2D eigenvalue weighted by Gasteiger charge is -2.32. The average Bonchev–Trinajstić information content (AvgIpc) is 3.13. The lowest BCUT2D eigenvalue weighted by molar-refractivity contribution is -0.117. The second-order valence-electron chi connectivity index (χ2n) is 9.35. The van der Waals surface area contributed by atoms with E-state index in [0.29, 0.717) is 12.6 Å². The van der Waals surface area contributed by atoms with Gasteiger partial charge in [-0.25, -0.2) is 0 Å². The second kappa shape index (κ2) is 9.58. The van der Waals surface area contributed by atoms with E-state index in [0.717, 1.165) is 70.7 Å². The Morgan fingerprint density at radius 1 is 1.00 bits per heavy atom. The fourth-order valence-electron chi connectivity index (χ4n) is 5.11. The smallest absolute Gasteiger partial charge is 0.238 e. The first kappa shape index (κ1) is 22.6. The first-order valence-corrected chi connectivity index (χ1v) is 11.9. The number of aryl methyl sites for hydroxylation is 1. The Hall–Kier alpha value is -3.19. The number of hydrogen-bond donors (Lipinski definition) is 4. The molecule has 34 heavy (non-hydrogen) atoms. The molecule has 4 N–H and O–H groups in total. The molecule has 0 radical (unpaired) electrons. The predicted octanol–water partition coefficient (Wildman–Crippen LogP) is 4.06. The van der Waals surface area contributed by atoms with Crippen molar-refractivity contribution in [3.05, 3.63) is 82.9 Å². The van der Waals surface area contributed by atoms with E-state index in [9.17, 15) is 15.0 Å². The van der Waals surface area contributed by atoms with Crippen molar-refractivity contribution in [1.82, 2.24) is 4.90 Å². The number of amides is 1. The number of anilines is 2. The Morgan fingerprint density at radius 2 is 1.76 bits per heavy atom. The van der Waals surface area contributed by atoms with Crippen molar-refractivity contribution in [1.29, 1.82) is 0 Å². The third kappa shape index (κ3) is 4.57. The molecule has 1 fully saturated rings. The van der Waals surface area contributed by atoms with Crippen LogP contribution >= 0.6 is 0 Å². The highest BCUT2D eigenvalue weighted by molar-refractivity contribution is 5.93. The molecular weight excluding hydrogens is 426 g/mol. The van der Waals surface area contributed by atoms with E-state index < -0.39 is 6.10 Å². The molecule has 1 atom stereocenters. The van der Waals surface area contributed by atoms with Gasteiger partial charge in [0.05, 0.1) is 13.2 Å². The second-order valence-corrected chi connectivity index (χ2v) is 9.35. The van der Waals surface area contributed by atoms with E-state index in [4.69, 9.17) is 0 Å². The molecule has 1 unspecified atom stereocenters. The highest BCUT2D eigenvalue weighted by atomic mass is 16.3. The van der Waals surface area contributed by atoms with Crippen molar-refractivity contribution in [3.8, 4) is 11.1 Å². The number of carbonyl (C=O) groups excluding carboxylic acids is 1. The van der Waals surface area contributed by atoms with Crippen LogP contribution in [0.1, 0.15) is 41.2 Å². The van der Waals surface area contributed by atoms with Crippen molar-refractivity contribution >= 4 is 17.3 Å². The third-order valence-electron chi connectivity index (χ3n) is 6.92. The van der Waals surface area contributed by atoms with Gasteiger partial charge in [0, 0.05) is 36.1 Å². The van der Waals surface area contributed by atoms with Gasteiger partial charge < -0.3 is 20.8 Å². The Bertz CT molecular complexity index is 1200. The van der Waals surface area contributed by atoms with Gasteiger partial charge in [-0.3, -0.25) is 9.69 Å². The lowest BCUT2D eigenvalue weighted by atomic mass is 10.0. The van der Waals surface area contributed by atoms with Gasteiger partial charge in [0.15, 0.2) is 0 Å². The number of carbonyl (C=O) groups is 1. The minimum atomic E-state index is -0.612. The molecule has 2 aliphatic rings. The topological polar surface area (TPSA) is 84.8 Å². The van der Waals surface area contributed by atoms with Crippen molar-refractivity contribution in [3.63, 3.8) is 0 Å². The van der Waals surface area contributed by atoms with E-state index in [-0.39, 0.29) is 12.5 Å². The molecule has 1 amide bonds. The van der Waals surface area contributed by atoms with Gasteiger partial charge in [0.1, 0.15) is 6.10 Å². The van der Waals surface area contributed by atoms with Crippen molar-refractivity contribution in [2.45, 2.75) is 38.5 Å². The standard InChI is InChI=1S/C28H31N3O3/c1-18-6-9-26(19(14-18)17-32)29-20-10-12-31(13-11-20)16-27(33)30-21-7-8-24-25(15-21)22-4-2-3-5-23(22)28(24)34/h2-9,14-15,20,28-29,32,34H,10-13,16-17H2,1H3,(H,30,33). The molecule has 0 spiro atoms. The molecule has 1 aliphatic heterocycles. The highest BCUT2D eigenvalue weighted by Crippen LogP contribution is 2.44. The molecule has 5 rings (SSSR count). The zero-order chi connectivity index (χ0) is 23.7. The molecule has 0 saturated carbocycles. The van der Waals surface area contributed by atoms with Gasteiger partial charge in [-0.15, -0.1) is 0 Å². The van der Waals surface area contributed by atoms with Gasteiger partial charge in [0.2, 0.25) is 5.91 Å². The number of hydrogen-bond acceptors (Lipinski definition) is 5. The van der Waals surface area contributed by atoms with E-state index in [1.807, 2.05) is 61.5 Å². The molecule has 0 aromatic heterocycles. The quantitative estimate of drug-likeness (QED) is 0.449. The van der Waals surface area contributed by atoms with Crippen LogP contribution in [0.25, 0.3) is 11.1 Å². The van der Waals surface area contributed by atoms with Crippen LogP contribution in [-0.2, 0) is 11.4 Å². The van der Waals surface area contributed by atoms with E-state index >= 15 is 0 Å². The summed E-state index contributed by atoms with van der Waals surface area (Å²) in [5, 5.41) is 26.8. The monoisotopic (exact) mass is 457 g/mol. The zero-order valence-electron chi connectivity index (χ0n) is 19.4. The number of aliphatic hydroxyl groups is 2. The molecule has 3 aromatic rings. The van der Waals surface area contributed by atoms with Crippen molar-refractivity contribution in [2.75, 3.05) is 30.3 Å². The molecule has 1 heterocycles. The summed E-state index contributed by atoms with van der Waals surface area (Å²) in [6.45, 7) is 4.09. The summed E-state index contributed by atoms with van der Waals surface area (Å²) in [5.74, 6) is -0.0284. The largest absolute Gasteiger partial charge is 0.392 e. The summed E-state index contributed by atoms with van der Waals surface area (Å²) in [6.07, 6.45) is 1.28. The summed E-state index contributed by atoms with van der Waals surface area (Å²) >= 11 is 0. The molecule has 6 nitrogen and oxygen atoms in total. The number of piperidine rings is 1. The summed E-state index contributed by atoms with van der Waals surface area (Å²) in [5.41, 5.74) is 7.60. The molecule has 1 saturated heterocycles. The minimum absolute atomic E-state index is 0.0241. The van der Waals surface area contributed by atoms with Gasteiger partial charge in [-0.1, -0.05) is 48.0 Å².